The summed E-state index contributed by atoms with van der Waals surface area (Å²) >= 11 is 6.90. The zero-order valence-corrected chi connectivity index (χ0v) is 18.5. The van der Waals surface area contributed by atoms with Crippen molar-refractivity contribution in [1.82, 2.24) is 9.76 Å². The molecular formula is C17H25N2O5PS2. The van der Waals surface area contributed by atoms with Crippen molar-refractivity contribution in [3.05, 3.63) is 24.3 Å². The lowest BCUT2D eigenvalue weighted by molar-refractivity contribution is -0.142. The van der Waals surface area contributed by atoms with Gasteiger partial charge < -0.3 is 14.0 Å². The second kappa shape index (κ2) is 9.28. The van der Waals surface area contributed by atoms with E-state index < -0.39 is 19.7 Å². The van der Waals surface area contributed by atoms with E-state index in [2.05, 4.69) is 5.09 Å². The topological polar surface area (TPSA) is 77.1 Å². The summed E-state index contributed by atoms with van der Waals surface area (Å²) in [5, 5.41) is 2.83. The van der Waals surface area contributed by atoms with Crippen molar-refractivity contribution in [3.63, 3.8) is 0 Å². The summed E-state index contributed by atoms with van der Waals surface area (Å²) in [6.45, 7) is 5.64. The standard InChI is InChI=1S/C17H25N2O5PS2/c1-11(2)15-10-27-17(26)19(15)25(21,18-12(3)16(20)23-5)24-14-8-6-7-13(9-14)22-4/h6-9,11-12,15H,10H2,1-5H3,(H,18,21)/t12-,15+,25-/m0/s1. The van der Waals surface area contributed by atoms with Gasteiger partial charge in [0.15, 0.2) is 0 Å². The first-order valence-electron chi connectivity index (χ1n) is 8.47. The van der Waals surface area contributed by atoms with Crippen LogP contribution in [-0.2, 0) is 14.1 Å². The molecule has 1 fully saturated rings. The lowest BCUT2D eigenvalue weighted by atomic mass is 10.1. The predicted molar refractivity (Wildman–Crippen MR) is 111 cm³/mol. The summed E-state index contributed by atoms with van der Waals surface area (Å²) < 4.78 is 32.0. The lowest BCUT2D eigenvalue weighted by Gasteiger charge is -2.35. The number of methoxy groups -OCH3 is 2. The summed E-state index contributed by atoms with van der Waals surface area (Å²) in [6, 6.07) is 5.88. The van der Waals surface area contributed by atoms with Crippen LogP contribution < -0.4 is 14.3 Å². The van der Waals surface area contributed by atoms with E-state index in [1.165, 1.54) is 26.0 Å². The van der Waals surface area contributed by atoms with Crippen molar-refractivity contribution in [2.75, 3.05) is 20.0 Å². The first-order chi connectivity index (χ1) is 12.7. The highest BCUT2D eigenvalue weighted by molar-refractivity contribution is 8.23. The van der Waals surface area contributed by atoms with Gasteiger partial charge in [0.05, 0.1) is 20.3 Å². The van der Waals surface area contributed by atoms with Gasteiger partial charge in [0.25, 0.3) is 0 Å². The molecule has 1 aliphatic heterocycles. The highest BCUT2D eigenvalue weighted by atomic mass is 32.2. The van der Waals surface area contributed by atoms with Crippen LogP contribution in [0.5, 0.6) is 11.5 Å². The number of hydrogen-bond donors (Lipinski definition) is 1. The number of esters is 1. The molecule has 0 saturated carbocycles. The van der Waals surface area contributed by atoms with Crippen molar-refractivity contribution >= 4 is 41.9 Å². The van der Waals surface area contributed by atoms with E-state index in [0.717, 1.165) is 0 Å². The van der Waals surface area contributed by atoms with Crippen LogP contribution in [0.1, 0.15) is 20.8 Å². The molecule has 1 aliphatic rings. The fourth-order valence-electron chi connectivity index (χ4n) is 2.61. The van der Waals surface area contributed by atoms with Crippen molar-refractivity contribution < 1.29 is 23.4 Å². The first kappa shape index (κ1) is 22.0. The van der Waals surface area contributed by atoms with Crippen molar-refractivity contribution in [3.8, 4) is 11.5 Å². The van der Waals surface area contributed by atoms with Gasteiger partial charge in [0, 0.05) is 11.8 Å². The number of thiocarbonyl (C=S) groups is 1. The maximum absolute atomic E-state index is 14.0. The quantitative estimate of drug-likeness (QED) is 0.376. The molecule has 1 N–H and O–H groups in total. The Morgan fingerprint density at radius 2 is 2.00 bits per heavy atom. The van der Waals surface area contributed by atoms with Gasteiger partial charge in [-0.2, -0.15) is 0 Å². The molecular weight excluding hydrogens is 407 g/mol. The van der Waals surface area contributed by atoms with Crippen LogP contribution in [0.4, 0.5) is 0 Å². The summed E-state index contributed by atoms with van der Waals surface area (Å²) in [5.74, 6) is 1.28. The molecule has 2 rings (SSSR count). The molecule has 0 unspecified atom stereocenters. The maximum Gasteiger partial charge on any atom is 0.421 e. The molecule has 150 valence electrons. The van der Waals surface area contributed by atoms with Crippen LogP contribution in [0, 0.1) is 5.92 Å². The number of benzene rings is 1. The van der Waals surface area contributed by atoms with Gasteiger partial charge in [0.1, 0.15) is 21.9 Å². The fraction of sp³-hybridized carbons (Fsp3) is 0.529. The van der Waals surface area contributed by atoms with Gasteiger partial charge in [0.2, 0.25) is 0 Å². The Kier molecular flexibility index (Phi) is 7.56. The molecule has 1 heterocycles. The Hall–Kier alpha value is -1.28. The normalized spacial score (nSPS) is 20.3. The number of carbonyl (C=O) groups excluding carboxylic acids is 1. The highest BCUT2D eigenvalue weighted by Gasteiger charge is 2.47. The van der Waals surface area contributed by atoms with Crippen LogP contribution in [0.25, 0.3) is 0 Å². The van der Waals surface area contributed by atoms with E-state index in [1.54, 1.807) is 35.9 Å². The molecule has 1 saturated heterocycles. The highest BCUT2D eigenvalue weighted by Crippen LogP contribution is 2.54. The van der Waals surface area contributed by atoms with E-state index in [-0.39, 0.29) is 12.0 Å². The Balaban J connectivity index is 2.42. The summed E-state index contributed by atoms with van der Waals surface area (Å²) in [5.41, 5.74) is 0. The van der Waals surface area contributed by atoms with E-state index in [9.17, 15) is 9.36 Å². The second-order valence-electron chi connectivity index (χ2n) is 6.40. The number of ether oxygens (including phenoxy) is 2. The van der Waals surface area contributed by atoms with E-state index in [4.69, 9.17) is 26.2 Å². The Bertz CT molecular complexity index is 746. The third-order valence-electron chi connectivity index (χ3n) is 4.11. The molecule has 3 atom stereocenters. The lowest BCUT2D eigenvalue weighted by Crippen LogP contribution is -2.44. The SMILES string of the molecule is COC(=O)[C@H](C)N[P@](=O)(Oc1cccc(OC)c1)N1C(=S)SC[C@@H]1C(C)C. The molecule has 1 aromatic rings. The van der Waals surface area contributed by atoms with Crippen LogP contribution in [0.2, 0.25) is 0 Å². The van der Waals surface area contributed by atoms with Crippen LogP contribution in [0.3, 0.4) is 0 Å². The van der Waals surface area contributed by atoms with Gasteiger partial charge in [-0.15, -0.1) is 0 Å². The monoisotopic (exact) mass is 432 g/mol. The molecule has 0 radical (unpaired) electrons. The van der Waals surface area contributed by atoms with Crippen molar-refractivity contribution in [2.24, 2.45) is 5.92 Å². The molecule has 0 aromatic heterocycles. The summed E-state index contributed by atoms with van der Waals surface area (Å²) in [4.78, 5) is 11.9. The van der Waals surface area contributed by atoms with Crippen molar-refractivity contribution in [2.45, 2.75) is 32.9 Å². The molecule has 1 aromatic carbocycles. The maximum atomic E-state index is 14.0. The molecule has 0 aliphatic carbocycles. The van der Waals surface area contributed by atoms with Crippen molar-refractivity contribution in [1.29, 1.82) is 0 Å². The Labute approximate surface area is 169 Å². The van der Waals surface area contributed by atoms with Gasteiger partial charge in [-0.05, 0) is 25.0 Å². The molecule has 0 bridgehead atoms. The average molecular weight is 433 g/mol. The number of nitrogens with zero attached hydrogens (tertiary/aromatic N) is 1. The zero-order valence-electron chi connectivity index (χ0n) is 16.0. The minimum atomic E-state index is -3.74. The molecule has 0 spiro atoms. The van der Waals surface area contributed by atoms with Gasteiger partial charge in [-0.3, -0.25) is 9.46 Å². The number of rotatable bonds is 8. The van der Waals surface area contributed by atoms with E-state index >= 15 is 0 Å². The number of carbonyl (C=O) groups is 1. The fourth-order valence-corrected chi connectivity index (χ4v) is 7.21. The Morgan fingerprint density at radius 3 is 2.59 bits per heavy atom. The third-order valence-corrected chi connectivity index (χ3v) is 8.12. The number of nitrogens with one attached hydrogen (secondary N) is 1. The average Bonchev–Trinajstić information content (AvgIpc) is 3.03. The minimum absolute atomic E-state index is 0.0868. The smallest absolute Gasteiger partial charge is 0.421 e. The zero-order chi connectivity index (χ0) is 20.2. The number of hydrogen-bond acceptors (Lipinski definition) is 7. The molecule has 0 amide bonds. The number of thioether (sulfide) groups is 1. The van der Waals surface area contributed by atoms with E-state index in [0.29, 0.717) is 21.6 Å². The van der Waals surface area contributed by atoms with Crippen LogP contribution in [0.15, 0.2) is 24.3 Å². The molecule has 27 heavy (non-hydrogen) atoms. The second-order valence-corrected chi connectivity index (χ2v) is 9.96. The predicted octanol–water partition coefficient (Wildman–Crippen LogP) is 3.69. The minimum Gasteiger partial charge on any atom is -0.497 e. The largest absolute Gasteiger partial charge is 0.497 e. The third kappa shape index (κ3) is 5.16. The van der Waals surface area contributed by atoms with Crippen LogP contribution >= 0.6 is 31.7 Å². The summed E-state index contributed by atoms with van der Waals surface area (Å²) in [7, 11) is -0.925. The summed E-state index contributed by atoms with van der Waals surface area (Å²) in [6.07, 6.45) is 0. The van der Waals surface area contributed by atoms with Gasteiger partial charge >= 0.3 is 13.6 Å². The molecule has 7 nitrogen and oxygen atoms in total. The first-order valence-corrected chi connectivity index (χ1v) is 11.4. The molecule has 10 heteroatoms. The van der Waals surface area contributed by atoms with Gasteiger partial charge in [-0.1, -0.05) is 43.9 Å². The van der Waals surface area contributed by atoms with Crippen LogP contribution in [-0.4, -0.2) is 47.0 Å². The van der Waals surface area contributed by atoms with Gasteiger partial charge in [-0.25, -0.2) is 9.65 Å². The Morgan fingerprint density at radius 1 is 1.33 bits per heavy atom. The van der Waals surface area contributed by atoms with E-state index in [1.807, 2.05) is 13.8 Å².